The van der Waals surface area contributed by atoms with Gasteiger partial charge in [0, 0.05) is 13.2 Å². The van der Waals surface area contributed by atoms with Gasteiger partial charge in [0.15, 0.2) is 0 Å². The Hall–Kier alpha value is 0.492. The Morgan fingerprint density at radius 1 is 1.00 bits per heavy atom. The van der Waals surface area contributed by atoms with Gasteiger partial charge in [-0.15, -0.1) is 0 Å². The average molecular weight is 124 g/mol. The molecule has 0 amide bonds. The van der Waals surface area contributed by atoms with Crippen molar-refractivity contribution in [3.8, 4) is 0 Å². The second kappa shape index (κ2) is 3.67. The normalized spacial score (nSPS) is 20.0. The fourth-order valence-electron chi connectivity index (χ4n) is 0.510. The van der Waals surface area contributed by atoms with Crippen LogP contribution < -0.4 is 0 Å². The number of rotatable bonds is 0. The predicted molar refractivity (Wildman–Crippen MR) is 20.1 cm³/mol. The molecule has 1 nitrogen and oxygen atoms in total. The quantitative estimate of drug-likeness (QED) is 0.464. The van der Waals surface area contributed by atoms with Gasteiger partial charge >= 0.3 is 17.4 Å². The van der Waals surface area contributed by atoms with E-state index in [1.54, 1.807) is 0 Å². The fraction of sp³-hybridized carbons (Fsp3) is 1.00. The van der Waals surface area contributed by atoms with Crippen molar-refractivity contribution >= 4 is 0 Å². The third kappa shape index (κ3) is 1.82. The molecule has 0 aromatic carbocycles. The van der Waals surface area contributed by atoms with E-state index in [9.17, 15) is 0 Å². The second-order valence-corrected chi connectivity index (χ2v) is 1.32. The van der Waals surface area contributed by atoms with Gasteiger partial charge in [0.1, 0.15) is 0 Å². The van der Waals surface area contributed by atoms with Crippen LogP contribution in [-0.4, -0.2) is 13.2 Å². The minimum absolute atomic E-state index is 0. The summed E-state index contributed by atoms with van der Waals surface area (Å²) in [6, 6.07) is 0. The molecular formula is C4H8CrO+3. The molecule has 0 aromatic heterocycles. The molecule has 1 aliphatic rings. The number of hydrogen-bond donors (Lipinski definition) is 0. The van der Waals surface area contributed by atoms with Gasteiger partial charge in [-0.25, -0.2) is 0 Å². The zero-order valence-electron chi connectivity index (χ0n) is 3.64. The average Bonchev–Trinajstić information content (AvgIpc) is 1.76. The van der Waals surface area contributed by atoms with Crippen LogP contribution in [0.15, 0.2) is 0 Å². The molecule has 0 unspecified atom stereocenters. The van der Waals surface area contributed by atoms with Gasteiger partial charge in [0.2, 0.25) is 0 Å². The van der Waals surface area contributed by atoms with E-state index in [2.05, 4.69) is 0 Å². The maximum atomic E-state index is 4.94. The molecule has 1 heterocycles. The molecule has 1 fully saturated rings. The second-order valence-electron chi connectivity index (χ2n) is 1.32. The van der Waals surface area contributed by atoms with Crippen LogP contribution in [0.2, 0.25) is 0 Å². The zero-order valence-corrected chi connectivity index (χ0v) is 4.92. The van der Waals surface area contributed by atoms with Crippen molar-refractivity contribution in [1.82, 2.24) is 0 Å². The molecular weight excluding hydrogens is 116 g/mol. The SMILES string of the molecule is C1CCOC1.[Cr+3]. The molecule has 6 heavy (non-hydrogen) atoms. The molecule has 1 saturated heterocycles. The van der Waals surface area contributed by atoms with Gasteiger partial charge in [-0.1, -0.05) is 0 Å². The van der Waals surface area contributed by atoms with E-state index in [4.69, 9.17) is 4.74 Å². The van der Waals surface area contributed by atoms with E-state index in [1.807, 2.05) is 0 Å². The third-order valence-electron chi connectivity index (χ3n) is 0.827. The molecule has 0 aliphatic carbocycles. The summed E-state index contributed by atoms with van der Waals surface area (Å²) >= 11 is 0. The van der Waals surface area contributed by atoms with Crippen LogP contribution in [0, 0.1) is 0 Å². The van der Waals surface area contributed by atoms with Gasteiger partial charge in [-0.3, -0.25) is 0 Å². The molecule has 1 rings (SSSR count). The Morgan fingerprint density at radius 2 is 1.50 bits per heavy atom. The fourth-order valence-corrected chi connectivity index (χ4v) is 0.510. The van der Waals surface area contributed by atoms with Gasteiger partial charge < -0.3 is 4.74 Å². The Morgan fingerprint density at radius 3 is 1.67 bits per heavy atom. The summed E-state index contributed by atoms with van der Waals surface area (Å²) in [5.74, 6) is 0. The van der Waals surface area contributed by atoms with Gasteiger partial charge in [-0.2, -0.15) is 0 Å². The Balaban J connectivity index is 0.000000250. The Labute approximate surface area is 48.8 Å². The molecule has 2 heteroatoms. The van der Waals surface area contributed by atoms with E-state index >= 15 is 0 Å². The van der Waals surface area contributed by atoms with Crippen LogP contribution in [0.5, 0.6) is 0 Å². The minimum atomic E-state index is 0. The molecule has 0 aromatic rings. The van der Waals surface area contributed by atoms with Crippen LogP contribution in [0.4, 0.5) is 0 Å². The van der Waals surface area contributed by atoms with E-state index in [1.165, 1.54) is 12.8 Å². The molecule has 33 valence electrons. The molecule has 0 atom stereocenters. The summed E-state index contributed by atoms with van der Waals surface area (Å²) in [7, 11) is 0. The van der Waals surface area contributed by atoms with Crippen LogP contribution in [0.1, 0.15) is 12.8 Å². The van der Waals surface area contributed by atoms with Crippen LogP contribution >= 0.6 is 0 Å². The standard InChI is InChI=1S/C4H8O.Cr/c1-2-4-5-3-1;/h1-4H2;/q;+3. The van der Waals surface area contributed by atoms with Crippen molar-refractivity contribution in [2.75, 3.05) is 13.2 Å². The zero-order chi connectivity index (χ0) is 3.54. The largest absolute Gasteiger partial charge is 3.00 e. The third-order valence-corrected chi connectivity index (χ3v) is 0.827. The molecule has 0 bridgehead atoms. The first-order chi connectivity index (χ1) is 2.50. The maximum Gasteiger partial charge on any atom is 3.00 e. The summed E-state index contributed by atoms with van der Waals surface area (Å²) in [6.07, 6.45) is 2.56. The summed E-state index contributed by atoms with van der Waals surface area (Å²) in [6.45, 7) is 2.00. The molecule has 0 spiro atoms. The predicted octanol–water partition coefficient (Wildman–Crippen LogP) is 0.794. The number of ether oxygens (including phenoxy) is 1. The first-order valence-corrected chi connectivity index (χ1v) is 2.08. The summed E-state index contributed by atoms with van der Waals surface area (Å²) in [5.41, 5.74) is 0. The Kier molecular flexibility index (Phi) is 3.98. The number of hydrogen-bond acceptors (Lipinski definition) is 1. The Bertz CT molecular complexity index is 19.1. The first kappa shape index (κ1) is 6.49. The van der Waals surface area contributed by atoms with E-state index in [-0.39, 0.29) is 17.4 Å². The van der Waals surface area contributed by atoms with Crippen LogP contribution in [0.3, 0.4) is 0 Å². The minimum Gasteiger partial charge on any atom is -0.381 e. The topological polar surface area (TPSA) is 9.23 Å². The smallest absolute Gasteiger partial charge is 0.381 e. The van der Waals surface area contributed by atoms with Crippen molar-refractivity contribution in [3.05, 3.63) is 0 Å². The molecule has 1 aliphatic heterocycles. The monoisotopic (exact) mass is 124 g/mol. The van der Waals surface area contributed by atoms with Crippen molar-refractivity contribution in [2.45, 2.75) is 12.8 Å². The maximum absolute atomic E-state index is 4.94. The van der Waals surface area contributed by atoms with Crippen molar-refractivity contribution in [2.24, 2.45) is 0 Å². The van der Waals surface area contributed by atoms with E-state index in [0.29, 0.717) is 0 Å². The van der Waals surface area contributed by atoms with Crippen molar-refractivity contribution < 1.29 is 22.1 Å². The first-order valence-electron chi connectivity index (χ1n) is 2.08. The van der Waals surface area contributed by atoms with Gasteiger partial charge in [0.05, 0.1) is 0 Å². The van der Waals surface area contributed by atoms with Crippen LogP contribution in [0.25, 0.3) is 0 Å². The summed E-state index contributed by atoms with van der Waals surface area (Å²) in [5, 5.41) is 0. The molecule has 1 radical (unpaired) electrons. The van der Waals surface area contributed by atoms with Crippen LogP contribution in [-0.2, 0) is 22.1 Å². The van der Waals surface area contributed by atoms with Crippen molar-refractivity contribution in [1.29, 1.82) is 0 Å². The summed E-state index contributed by atoms with van der Waals surface area (Å²) in [4.78, 5) is 0. The van der Waals surface area contributed by atoms with Gasteiger partial charge in [-0.05, 0) is 12.8 Å². The summed E-state index contributed by atoms with van der Waals surface area (Å²) < 4.78 is 4.94. The van der Waals surface area contributed by atoms with E-state index in [0.717, 1.165) is 13.2 Å². The van der Waals surface area contributed by atoms with E-state index < -0.39 is 0 Å². The molecule has 0 saturated carbocycles. The van der Waals surface area contributed by atoms with Crippen molar-refractivity contribution in [3.63, 3.8) is 0 Å². The molecule has 0 N–H and O–H groups in total. The van der Waals surface area contributed by atoms with Gasteiger partial charge in [0.25, 0.3) is 0 Å².